The summed E-state index contributed by atoms with van der Waals surface area (Å²) in [7, 11) is 3.56. The first-order chi connectivity index (χ1) is 9.19. The molecule has 1 heterocycles. The van der Waals surface area contributed by atoms with E-state index in [0.29, 0.717) is 18.8 Å². The number of nitrogens with one attached hydrogen (secondary N) is 1. The molecule has 0 radical (unpaired) electrons. The zero-order chi connectivity index (χ0) is 14.1. The third-order valence-electron chi connectivity index (χ3n) is 2.70. The summed E-state index contributed by atoms with van der Waals surface area (Å²) in [5, 5.41) is 2.70. The fraction of sp³-hybridized carbons (Fsp3) is 0.615. The van der Waals surface area contributed by atoms with Crippen LogP contribution in [-0.2, 0) is 4.74 Å². The molecule has 0 saturated heterocycles. The molecule has 0 fully saturated rings. The maximum atomic E-state index is 11.7. The molecular formula is C13H22N4O2. The molecule has 19 heavy (non-hydrogen) atoms. The molecule has 0 aliphatic rings. The standard InChI is InChI=1S/C13H22N4O2/c1-4-5-7-17(2)12-10-15-11(9-16-12)13(18)14-6-8-19-3/h9-10H,4-8H2,1-3H3,(H,14,18). The van der Waals surface area contributed by atoms with E-state index in [1.54, 1.807) is 13.3 Å². The van der Waals surface area contributed by atoms with Gasteiger partial charge in [-0.2, -0.15) is 0 Å². The third-order valence-corrected chi connectivity index (χ3v) is 2.70. The summed E-state index contributed by atoms with van der Waals surface area (Å²) in [5.74, 6) is 0.550. The van der Waals surface area contributed by atoms with Gasteiger partial charge in [-0.25, -0.2) is 9.97 Å². The highest BCUT2D eigenvalue weighted by molar-refractivity contribution is 5.91. The SMILES string of the molecule is CCCCN(C)c1cnc(C(=O)NCCOC)cn1. The van der Waals surface area contributed by atoms with Gasteiger partial charge in [0, 0.05) is 27.2 Å². The molecule has 0 unspecified atom stereocenters. The largest absolute Gasteiger partial charge is 0.383 e. The van der Waals surface area contributed by atoms with Crippen molar-refractivity contribution in [2.75, 3.05) is 38.8 Å². The Morgan fingerprint density at radius 3 is 2.79 bits per heavy atom. The van der Waals surface area contributed by atoms with Crippen molar-refractivity contribution in [2.24, 2.45) is 0 Å². The van der Waals surface area contributed by atoms with Crippen LogP contribution in [0, 0.1) is 0 Å². The lowest BCUT2D eigenvalue weighted by molar-refractivity contribution is 0.0932. The van der Waals surface area contributed by atoms with Crippen LogP contribution in [0.5, 0.6) is 0 Å². The van der Waals surface area contributed by atoms with Gasteiger partial charge in [-0.1, -0.05) is 13.3 Å². The van der Waals surface area contributed by atoms with E-state index in [2.05, 4.69) is 22.2 Å². The van der Waals surface area contributed by atoms with Crippen LogP contribution in [0.1, 0.15) is 30.3 Å². The molecule has 1 amide bonds. The number of rotatable bonds is 8. The zero-order valence-corrected chi connectivity index (χ0v) is 11.8. The predicted molar refractivity (Wildman–Crippen MR) is 74.4 cm³/mol. The number of carbonyl (C=O) groups is 1. The lowest BCUT2D eigenvalue weighted by Crippen LogP contribution is -2.28. The average Bonchev–Trinajstić information content (AvgIpc) is 2.45. The van der Waals surface area contributed by atoms with Gasteiger partial charge in [0.15, 0.2) is 0 Å². The van der Waals surface area contributed by atoms with Crippen molar-refractivity contribution in [1.82, 2.24) is 15.3 Å². The Bertz CT molecular complexity index is 381. The lowest BCUT2D eigenvalue weighted by atomic mass is 10.3. The van der Waals surface area contributed by atoms with Crippen LogP contribution in [0.4, 0.5) is 5.82 Å². The van der Waals surface area contributed by atoms with Gasteiger partial charge in [0.2, 0.25) is 0 Å². The molecule has 1 aromatic heterocycles. The van der Waals surface area contributed by atoms with Crippen LogP contribution in [0.3, 0.4) is 0 Å². The molecular weight excluding hydrogens is 244 g/mol. The number of unbranched alkanes of at least 4 members (excludes halogenated alkanes) is 1. The van der Waals surface area contributed by atoms with E-state index in [1.807, 2.05) is 11.9 Å². The second kappa shape index (κ2) is 8.42. The summed E-state index contributed by atoms with van der Waals surface area (Å²) < 4.78 is 4.86. The highest BCUT2D eigenvalue weighted by Gasteiger charge is 2.08. The van der Waals surface area contributed by atoms with Gasteiger partial charge >= 0.3 is 0 Å². The Kier molecular flexibility index (Phi) is 6.81. The Balaban J connectivity index is 2.53. The Morgan fingerprint density at radius 1 is 1.42 bits per heavy atom. The third kappa shape index (κ3) is 5.21. The summed E-state index contributed by atoms with van der Waals surface area (Å²) in [6, 6.07) is 0. The van der Waals surface area contributed by atoms with Gasteiger partial charge < -0.3 is 15.0 Å². The first-order valence-electron chi connectivity index (χ1n) is 6.49. The number of methoxy groups -OCH3 is 1. The molecule has 106 valence electrons. The van der Waals surface area contributed by atoms with Crippen molar-refractivity contribution < 1.29 is 9.53 Å². The summed E-state index contributed by atoms with van der Waals surface area (Å²) >= 11 is 0. The highest BCUT2D eigenvalue weighted by Crippen LogP contribution is 2.07. The van der Waals surface area contributed by atoms with E-state index < -0.39 is 0 Å². The van der Waals surface area contributed by atoms with Crippen molar-refractivity contribution in [2.45, 2.75) is 19.8 Å². The van der Waals surface area contributed by atoms with Gasteiger partial charge in [-0.15, -0.1) is 0 Å². The maximum absolute atomic E-state index is 11.7. The van der Waals surface area contributed by atoms with E-state index >= 15 is 0 Å². The molecule has 1 rings (SSSR count). The molecule has 0 aromatic carbocycles. The minimum absolute atomic E-state index is 0.229. The van der Waals surface area contributed by atoms with E-state index in [4.69, 9.17) is 4.74 Å². The molecule has 1 aromatic rings. The van der Waals surface area contributed by atoms with Gasteiger partial charge in [-0.3, -0.25) is 4.79 Å². The van der Waals surface area contributed by atoms with Gasteiger partial charge in [0.1, 0.15) is 11.5 Å². The summed E-state index contributed by atoms with van der Waals surface area (Å²) in [6.07, 6.45) is 5.37. The number of amides is 1. The number of ether oxygens (including phenoxy) is 1. The number of hydrogen-bond acceptors (Lipinski definition) is 5. The maximum Gasteiger partial charge on any atom is 0.271 e. The van der Waals surface area contributed by atoms with Gasteiger partial charge in [-0.05, 0) is 6.42 Å². The van der Waals surface area contributed by atoms with Crippen molar-refractivity contribution in [1.29, 1.82) is 0 Å². The number of hydrogen-bond donors (Lipinski definition) is 1. The van der Waals surface area contributed by atoms with E-state index in [1.165, 1.54) is 6.20 Å². The van der Waals surface area contributed by atoms with Crippen molar-refractivity contribution >= 4 is 11.7 Å². The summed E-state index contributed by atoms with van der Waals surface area (Å²) in [4.78, 5) is 22.1. The molecule has 6 heteroatoms. The second-order valence-electron chi connectivity index (χ2n) is 4.28. The topological polar surface area (TPSA) is 67.4 Å². The molecule has 0 atom stereocenters. The summed E-state index contributed by atoms with van der Waals surface area (Å²) in [5.41, 5.74) is 0.323. The number of anilines is 1. The fourth-order valence-electron chi connectivity index (χ4n) is 1.50. The minimum Gasteiger partial charge on any atom is -0.383 e. The van der Waals surface area contributed by atoms with E-state index in [9.17, 15) is 4.79 Å². The first-order valence-corrected chi connectivity index (χ1v) is 6.49. The van der Waals surface area contributed by atoms with Crippen LogP contribution >= 0.6 is 0 Å². The highest BCUT2D eigenvalue weighted by atomic mass is 16.5. The van der Waals surface area contributed by atoms with Gasteiger partial charge in [0.25, 0.3) is 5.91 Å². The molecule has 0 aliphatic carbocycles. The van der Waals surface area contributed by atoms with Crippen LogP contribution < -0.4 is 10.2 Å². The van der Waals surface area contributed by atoms with Gasteiger partial charge in [0.05, 0.1) is 19.0 Å². The molecule has 6 nitrogen and oxygen atoms in total. The van der Waals surface area contributed by atoms with E-state index in [-0.39, 0.29) is 5.91 Å². The molecule has 0 bridgehead atoms. The monoisotopic (exact) mass is 266 g/mol. The van der Waals surface area contributed by atoms with Crippen molar-refractivity contribution in [3.8, 4) is 0 Å². The Labute approximate surface area is 114 Å². The van der Waals surface area contributed by atoms with Crippen LogP contribution in [0.15, 0.2) is 12.4 Å². The smallest absolute Gasteiger partial charge is 0.271 e. The second-order valence-corrected chi connectivity index (χ2v) is 4.28. The molecule has 0 aliphatic heterocycles. The number of aromatic nitrogens is 2. The first kappa shape index (κ1) is 15.4. The average molecular weight is 266 g/mol. The van der Waals surface area contributed by atoms with Crippen molar-refractivity contribution in [3.05, 3.63) is 18.1 Å². The zero-order valence-electron chi connectivity index (χ0n) is 11.8. The minimum atomic E-state index is -0.229. The molecule has 0 spiro atoms. The fourth-order valence-corrected chi connectivity index (χ4v) is 1.50. The molecule has 0 saturated carbocycles. The van der Waals surface area contributed by atoms with Crippen molar-refractivity contribution in [3.63, 3.8) is 0 Å². The normalized spacial score (nSPS) is 10.3. The number of carbonyl (C=O) groups excluding carboxylic acids is 1. The molecule has 1 N–H and O–H groups in total. The quantitative estimate of drug-likeness (QED) is 0.713. The van der Waals surface area contributed by atoms with Crippen LogP contribution in [-0.4, -0.2) is 49.7 Å². The Morgan fingerprint density at radius 2 is 2.21 bits per heavy atom. The predicted octanol–water partition coefficient (Wildman–Crippen LogP) is 1.09. The van der Waals surface area contributed by atoms with E-state index in [0.717, 1.165) is 25.2 Å². The summed E-state index contributed by atoms with van der Waals surface area (Å²) in [6.45, 7) is 4.03. The van der Waals surface area contributed by atoms with Crippen LogP contribution in [0.2, 0.25) is 0 Å². The number of nitrogens with zero attached hydrogens (tertiary/aromatic N) is 3. The van der Waals surface area contributed by atoms with Crippen LogP contribution in [0.25, 0.3) is 0 Å². The lowest BCUT2D eigenvalue weighted by Gasteiger charge is -2.17. The Hall–Kier alpha value is -1.69.